The molecule has 0 fully saturated rings. The number of esters is 1. The number of aromatic nitrogens is 1. The highest BCUT2D eigenvalue weighted by atomic mass is 32.2. The first kappa shape index (κ1) is 13.1. The fourth-order valence-corrected chi connectivity index (χ4v) is 3.36. The first-order valence-electron chi connectivity index (χ1n) is 5.61. The van der Waals surface area contributed by atoms with Crippen LogP contribution in [-0.4, -0.2) is 17.6 Å². The molecule has 1 heterocycles. The van der Waals surface area contributed by atoms with Gasteiger partial charge < -0.3 is 4.74 Å². The lowest BCUT2D eigenvalue weighted by Crippen LogP contribution is -2.06. The molecule has 0 atom stereocenters. The largest absolute Gasteiger partial charge is 0.466 e. The molecule has 18 heavy (non-hydrogen) atoms. The van der Waals surface area contributed by atoms with Crippen LogP contribution in [-0.2, 0) is 16.0 Å². The van der Waals surface area contributed by atoms with Crippen molar-refractivity contribution in [3.8, 4) is 0 Å². The summed E-state index contributed by atoms with van der Waals surface area (Å²) in [5.74, 6) is -0.197. The van der Waals surface area contributed by atoms with Gasteiger partial charge in [0.15, 0.2) is 4.34 Å². The molecule has 3 nitrogen and oxygen atoms in total. The van der Waals surface area contributed by atoms with Crippen LogP contribution in [0.1, 0.15) is 11.8 Å². The maximum atomic E-state index is 11.3. The fourth-order valence-electron chi connectivity index (χ4n) is 1.36. The zero-order valence-electron chi connectivity index (χ0n) is 9.96. The molecule has 0 saturated heterocycles. The van der Waals surface area contributed by atoms with E-state index in [4.69, 9.17) is 4.74 Å². The highest BCUT2D eigenvalue weighted by Gasteiger charge is 2.08. The van der Waals surface area contributed by atoms with Gasteiger partial charge in [0.05, 0.1) is 13.0 Å². The monoisotopic (exact) mass is 279 g/mol. The number of hydrogen-bond donors (Lipinski definition) is 0. The second kappa shape index (κ2) is 6.56. The summed E-state index contributed by atoms with van der Waals surface area (Å²) in [6.07, 6.45) is 2.05. The van der Waals surface area contributed by atoms with Crippen LogP contribution >= 0.6 is 23.1 Å². The van der Waals surface area contributed by atoms with Crippen LogP contribution < -0.4 is 0 Å². The summed E-state index contributed by atoms with van der Waals surface area (Å²) in [4.78, 5) is 17.7. The first-order valence-corrected chi connectivity index (χ1v) is 7.24. The maximum Gasteiger partial charge on any atom is 0.311 e. The van der Waals surface area contributed by atoms with Gasteiger partial charge in [-0.15, -0.1) is 11.3 Å². The fraction of sp³-hybridized carbons (Fsp3) is 0.231. The molecule has 1 aromatic carbocycles. The molecule has 0 radical (unpaired) electrons. The second-order valence-electron chi connectivity index (χ2n) is 3.49. The van der Waals surface area contributed by atoms with Crippen LogP contribution in [0.15, 0.2) is 45.8 Å². The van der Waals surface area contributed by atoms with E-state index in [9.17, 15) is 4.79 Å². The molecule has 0 aliphatic carbocycles. The smallest absolute Gasteiger partial charge is 0.311 e. The molecule has 5 heteroatoms. The molecule has 0 aliphatic rings. The summed E-state index contributed by atoms with van der Waals surface area (Å²) < 4.78 is 5.85. The predicted octanol–water partition coefficient (Wildman–Crippen LogP) is 3.40. The maximum absolute atomic E-state index is 11.3. The van der Waals surface area contributed by atoms with Gasteiger partial charge in [0.1, 0.15) is 0 Å². The van der Waals surface area contributed by atoms with Crippen LogP contribution in [0.3, 0.4) is 0 Å². The third-order valence-corrected chi connectivity index (χ3v) is 4.18. The molecule has 0 spiro atoms. The molecular formula is C13H13NO2S2. The lowest BCUT2D eigenvalue weighted by atomic mass is 10.4. The molecule has 0 bridgehead atoms. The van der Waals surface area contributed by atoms with E-state index in [2.05, 4.69) is 4.98 Å². The van der Waals surface area contributed by atoms with Crippen LogP contribution in [0.25, 0.3) is 0 Å². The molecule has 0 aliphatic heterocycles. The Labute approximate surface area is 114 Å². The number of ether oxygens (including phenoxy) is 1. The minimum atomic E-state index is -0.197. The number of hydrogen-bond acceptors (Lipinski definition) is 5. The van der Waals surface area contributed by atoms with Gasteiger partial charge in [0.2, 0.25) is 0 Å². The summed E-state index contributed by atoms with van der Waals surface area (Å²) in [5.41, 5.74) is 0. The van der Waals surface area contributed by atoms with Crippen LogP contribution in [0.2, 0.25) is 0 Å². The number of nitrogens with zero attached hydrogens (tertiary/aromatic N) is 1. The molecule has 2 rings (SSSR count). The van der Waals surface area contributed by atoms with Gasteiger partial charge >= 0.3 is 5.97 Å². The molecule has 94 valence electrons. The average Bonchev–Trinajstić information content (AvgIpc) is 2.78. The summed E-state index contributed by atoms with van der Waals surface area (Å²) in [7, 11) is 0. The van der Waals surface area contributed by atoms with Crippen molar-refractivity contribution < 1.29 is 9.53 Å². The van der Waals surface area contributed by atoms with E-state index in [-0.39, 0.29) is 5.97 Å². The molecule has 2 aromatic rings. The predicted molar refractivity (Wildman–Crippen MR) is 73.0 cm³/mol. The minimum Gasteiger partial charge on any atom is -0.466 e. The average molecular weight is 279 g/mol. The quantitative estimate of drug-likeness (QED) is 0.786. The van der Waals surface area contributed by atoms with Gasteiger partial charge in [-0.05, 0) is 19.1 Å². The summed E-state index contributed by atoms with van der Waals surface area (Å²) in [6, 6.07) is 10.1. The Morgan fingerprint density at radius 2 is 2.17 bits per heavy atom. The highest BCUT2D eigenvalue weighted by Crippen LogP contribution is 2.31. The summed E-state index contributed by atoms with van der Waals surface area (Å²) in [5, 5.41) is 0. The first-order chi connectivity index (χ1) is 8.78. The van der Waals surface area contributed by atoms with E-state index in [1.54, 1.807) is 24.9 Å². The van der Waals surface area contributed by atoms with Crippen LogP contribution in [0.4, 0.5) is 0 Å². The van der Waals surface area contributed by atoms with Crippen molar-refractivity contribution in [1.82, 2.24) is 4.98 Å². The zero-order valence-corrected chi connectivity index (χ0v) is 11.6. The number of benzene rings is 1. The Kier molecular flexibility index (Phi) is 4.78. The zero-order chi connectivity index (χ0) is 12.8. The summed E-state index contributed by atoms with van der Waals surface area (Å²) >= 11 is 3.14. The Hall–Kier alpha value is -1.33. The van der Waals surface area contributed by atoms with E-state index in [0.717, 1.165) is 14.1 Å². The molecule has 1 aromatic heterocycles. The Morgan fingerprint density at radius 1 is 1.39 bits per heavy atom. The van der Waals surface area contributed by atoms with Crippen molar-refractivity contribution in [1.29, 1.82) is 0 Å². The van der Waals surface area contributed by atoms with Gasteiger partial charge in [-0.2, -0.15) is 0 Å². The second-order valence-corrected chi connectivity index (χ2v) is 5.93. The minimum absolute atomic E-state index is 0.197. The Bertz CT molecular complexity index is 511. The van der Waals surface area contributed by atoms with Crippen LogP contribution in [0, 0.1) is 0 Å². The molecule has 0 amide bonds. The van der Waals surface area contributed by atoms with Gasteiger partial charge in [-0.1, -0.05) is 30.0 Å². The van der Waals surface area contributed by atoms with E-state index >= 15 is 0 Å². The molecular weight excluding hydrogens is 266 g/mol. The standard InChI is InChI=1S/C13H13NO2S2/c1-2-16-12(15)8-11-9-14-13(18-11)17-10-6-4-3-5-7-10/h3-7,9H,2,8H2,1H3. The lowest BCUT2D eigenvalue weighted by Gasteiger charge is -1.98. The molecule has 0 unspecified atom stereocenters. The van der Waals surface area contributed by atoms with Crippen molar-refractivity contribution in [3.05, 3.63) is 41.4 Å². The molecule has 0 saturated carbocycles. The van der Waals surface area contributed by atoms with Crippen LogP contribution in [0.5, 0.6) is 0 Å². The highest BCUT2D eigenvalue weighted by molar-refractivity contribution is 8.01. The van der Waals surface area contributed by atoms with Crippen molar-refractivity contribution >= 4 is 29.1 Å². The van der Waals surface area contributed by atoms with E-state index in [1.807, 2.05) is 30.3 Å². The third-order valence-electron chi connectivity index (χ3n) is 2.10. The van der Waals surface area contributed by atoms with E-state index < -0.39 is 0 Å². The van der Waals surface area contributed by atoms with Crippen molar-refractivity contribution in [2.75, 3.05) is 6.61 Å². The number of carbonyl (C=O) groups excluding carboxylic acids is 1. The van der Waals surface area contributed by atoms with Crippen molar-refractivity contribution in [2.45, 2.75) is 22.6 Å². The van der Waals surface area contributed by atoms with Gasteiger partial charge in [0.25, 0.3) is 0 Å². The lowest BCUT2D eigenvalue weighted by molar-refractivity contribution is -0.142. The van der Waals surface area contributed by atoms with Crippen molar-refractivity contribution in [3.63, 3.8) is 0 Å². The number of carbonyl (C=O) groups is 1. The Morgan fingerprint density at radius 3 is 2.89 bits per heavy atom. The topological polar surface area (TPSA) is 39.2 Å². The summed E-state index contributed by atoms with van der Waals surface area (Å²) in [6.45, 7) is 2.23. The van der Waals surface area contributed by atoms with Crippen molar-refractivity contribution in [2.24, 2.45) is 0 Å². The van der Waals surface area contributed by atoms with Gasteiger partial charge in [-0.3, -0.25) is 4.79 Å². The normalized spacial score (nSPS) is 10.3. The van der Waals surface area contributed by atoms with E-state index in [0.29, 0.717) is 13.0 Å². The molecule has 0 N–H and O–H groups in total. The van der Waals surface area contributed by atoms with Gasteiger partial charge in [0, 0.05) is 16.0 Å². The SMILES string of the molecule is CCOC(=O)Cc1cnc(Sc2ccccc2)s1. The number of thiazole rings is 1. The third kappa shape index (κ3) is 3.85. The van der Waals surface area contributed by atoms with Gasteiger partial charge in [-0.25, -0.2) is 4.98 Å². The van der Waals surface area contributed by atoms with E-state index in [1.165, 1.54) is 11.3 Å². The number of rotatable bonds is 5. The Balaban J connectivity index is 1.96.